The highest BCUT2D eigenvalue weighted by molar-refractivity contribution is 5.78. The van der Waals surface area contributed by atoms with Gasteiger partial charge in [0.05, 0.1) is 12.5 Å². The fourth-order valence-electron chi connectivity index (χ4n) is 2.54. The first-order valence-corrected chi connectivity index (χ1v) is 7.63. The summed E-state index contributed by atoms with van der Waals surface area (Å²) in [6.07, 6.45) is 2.71. The van der Waals surface area contributed by atoms with E-state index in [-0.39, 0.29) is 18.4 Å². The van der Waals surface area contributed by atoms with Gasteiger partial charge in [0, 0.05) is 19.7 Å². The Bertz CT molecular complexity index is 503. The summed E-state index contributed by atoms with van der Waals surface area (Å²) in [4.78, 5) is 13.9. The summed E-state index contributed by atoms with van der Waals surface area (Å²) in [7, 11) is 0. The number of nitrogens with zero attached hydrogens (tertiary/aromatic N) is 1. The molecule has 22 heavy (non-hydrogen) atoms. The summed E-state index contributed by atoms with van der Waals surface area (Å²) in [6, 6.07) is 3.57. The molecule has 0 unspecified atom stereocenters. The molecule has 6 heteroatoms. The average Bonchev–Trinajstić information content (AvgIpc) is 2.52. The number of likely N-dealkylation sites (tertiary alicyclic amines) is 1. The lowest BCUT2D eigenvalue weighted by Gasteiger charge is -2.32. The normalized spacial score (nSPS) is 16.0. The number of nitrogens with two attached hydrogens (primary N) is 1. The van der Waals surface area contributed by atoms with Gasteiger partial charge < -0.3 is 15.4 Å². The van der Waals surface area contributed by atoms with Crippen LogP contribution in [0.1, 0.15) is 24.8 Å². The molecule has 122 valence electrons. The maximum Gasteiger partial charge on any atom is 0.226 e. The zero-order valence-electron chi connectivity index (χ0n) is 12.6. The first-order chi connectivity index (χ1) is 10.6. The van der Waals surface area contributed by atoms with Crippen LogP contribution in [0.3, 0.4) is 0 Å². The van der Waals surface area contributed by atoms with E-state index < -0.39 is 11.6 Å². The Morgan fingerprint density at radius 2 is 2.00 bits per heavy atom. The van der Waals surface area contributed by atoms with Crippen molar-refractivity contribution in [2.24, 2.45) is 5.73 Å². The molecule has 1 aliphatic heterocycles. The molecule has 0 saturated carbocycles. The van der Waals surface area contributed by atoms with Gasteiger partial charge in [0.25, 0.3) is 0 Å². The Morgan fingerprint density at radius 3 is 2.64 bits per heavy atom. The SMILES string of the molecule is NCCCOC1CCN(C(=O)Cc2ccc(F)c(F)c2)CC1. The van der Waals surface area contributed by atoms with Gasteiger partial charge in [-0.2, -0.15) is 0 Å². The highest BCUT2D eigenvalue weighted by atomic mass is 19.2. The number of hydrogen-bond acceptors (Lipinski definition) is 3. The van der Waals surface area contributed by atoms with Crippen molar-refractivity contribution in [2.75, 3.05) is 26.2 Å². The summed E-state index contributed by atoms with van der Waals surface area (Å²) in [5.41, 5.74) is 5.91. The Morgan fingerprint density at radius 1 is 1.27 bits per heavy atom. The molecule has 1 aliphatic rings. The Balaban J connectivity index is 1.78. The van der Waals surface area contributed by atoms with E-state index in [1.54, 1.807) is 4.90 Å². The van der Waals surface area contributed by atoms with Crippen molar-refractivity contribution in [2.45, 2.75) is 31.8 Å². The molecule has 1 fully saturated rings. The molecule has 0 aliphatic carbocycles. The van der Waals surface area contributed by atoms with Crippen LogP contribution in [0.4, 0.5) is 8.78 Å². The molecule has 2 N–H and O–H groups in total. The van der Waals surface area contributed by atoms with Crippen LogP contribution < -0.4 is 5.73 Å². The Kier molecular flexibility index (Phi) is 6.27. The quantitative estimate of drug-likeness (QED) is 0.816. The molecule has 0 atom stereocenters. The number of benzene rings is 1. The second kappa shape index (κ2) is 8.19. The van der Waals surface area contributed by atoms with Crippen LogP contribution in [-0.4, -0.2) is 43.2 Å². The van der Waals surface area contributed by atoms with E-state index in [4.69, 9.17) is 10.5 Å². The van der Waals surface area contributed by atoms with Gasteiger partial charge in [-0.25, -0.2) is 8.78 Å². The van der Waals surface area contributed by atoms with Crippen LogP contribution in [0.2, 0.25) is 0 Å². The third-order valence-corrected chi connectivity index (χ3v) is 3.84. The van der Waals surface area contributed by atoms with Crippen LogP contribution in [0.5, 0.6) is 0 Å². The summed E-state index contributed by atoms with van der Waals surface area (Å²) < 4.78 is 31.7. The molecular formula is C16H22F2N2O2. The lowest BCUT2D eigenvalue weighted by Crippen LogP contribution is -2.41. The second-order valence-corrected chi connectivity index (χ2v) is 5.52. The van der Waals surface area contributed by atoms with E-state index in [1.807, 2.05) is 0 Å². The number of halogens is 2. The van der Waals surface area contributed by atoms with Crippen LogP contribution in [0.25, 0.3) is 0 Å². The van der Waals surface area contributed by atoms with E-state index in [2.05, 4.69) is 0 Å². The van der Waals surface area contributed by atoms with Crippen LogP contribution in [0, 0.1) is 11.6 Å². The molecule has 1 heterocycles. The second-order valence-electron chi connectivity index (χ2n) is 5.52. The van der Waals surface area contributed by atoms with Gasteiger partial charge in [-0.15, -0.1) is 0 Å². The zero-order valence-corrected chi connectivity index (χ0v) is 12.6. The minimum Gasteiger partial charge on any atom is -0.378 e. The summed E-state index contributed by atoms with van der Waals surface area (Å²) >= 11 is 0. The largest absolute Gasteiger partial charge is 0.378 e. The molecule has 2 rings (SSSR count). The molecule has 0 aromatic heterocycles. The Hall–Kier alpha value is -1.53. The number of carbonyl (C=O) groups is 1. The topological polar surface area (TPSA) is 55.6 Å². The van der Waals surface area contributed by atoms with E-state index in [0.717, 1.165) is 31.4 Å². The molecule has 0 spiro atoms. The molecular weight excluding hydrogens is 290 g/mol. The van der Waals surface area contributed by atoms with Gasteiger partial charge in [-0.1, -0.05) is 6.07 Å². The van der Waals surface area contributed by atoms with Gasteiger partial charge in [0.15, 0.2) is 11.6 Å². The van der Waals surface area contributed by atoms with Gasteiger partial charge in [-0.05, 0) is 43.5 Å². The maximum absolute atomic E-state index is 13.1. The lowest BCUT2D eigenvalue weighted by atomic mass is 10.1. The van der Waals surface area contributed by atoms with Crippen LogP contribution in [-0.2, 0) is 16.0 Å². The van der Waals surface area contributed by atoms with Gasteiger partial charge in [0.1, 0.15) is 0 Å². The summed E-state index contributed by atoms with van der Waals surface area (Å²) in [5.74, 6) is -1.88. The van der Waals surface area contributed by atoms with Crippen LogP contribution >= 0.6 is 0 Å². The zero-order chi connectivity index (χ0) is 15.9. The van der Waals surface area contributed by atoms with E-state index in [0.29, 0.717) is 31.8 Å². The van der Waals surface area contributed by atoms with Crippen molar-refractivity contribution in [1.82, 2.24) is 4.90 Å². The van der Waals surface area contributed by atoms with Crippen molar-refractivity contribution in [3.8, 4) is 0 Å². The average molecular weight is 312 g/mol. The predicted octanol–water partition coefficient (Wildman–Crippen LogP) is 1.86. The number of piperidine rings is 1. The van der Waals surface area contributed by atoms with E-state index in [9.17, 15) is 13.6 Å². The number of hydrogen-bond donors (Lipinski definition) is 1. The number of rotatable bonds is 6. The van der Waals surface area contributed by atoms with E-state index in [1.165, 1.54) is 6.07 Å². The minimum atomic E-state index is -0.919. The highest BCUT2D eigenvalue weighted by Crippen LogP contribution is 2.16. The number of carbonyl (C=O) groups excluding carboxylic acids is 1. The monoisotopic (exact) mass is 312 g/mol. The van der Waals surface area contributed by atoms with Gasteiger partial charge >= 0.3 is 0 Å². The molecule has 1 amide bonds. The van der Waals surface area contributed by atoms with Gasteiger partial charge in [-0.3, -0.25) is 4.79 Å². The van der Waals surface area contributed by atoms with Crippen molar-refractivity contribution >= 4 is 5.91 Å². The van der Waals surface area contributed by atoms with Crippen molar-refractivity contribution in [1.29, 1.82) is 0 Å². The third kappa shape index (κ3) is 4.74. The predicted molar refractivity (Wildman–Crippen MR) is 79.3 cm³/mol. The first kappa shape index (κ1) is 16.8. The first-order valence-electron chi connectivity index (χ1n) is 7.63. The number of ether oxygens (including phenoxy) is 1. The Labute approximate surface area is 129 Å². The molecule has 0 radical (unpaired) electrons. The van der Waals surface area contributed by atoms with Crippen molar-refractivity contribution in [3.05, 3.63) is 35.4 Å². The van der Waals surface area contributed by atoms with Crippen molar-refractivity contribution in [3.63, 3.8) is 0 Å². The third-order valence-electron chi connectivity index (χ3n) is 3.84. The molecule has 1 saturated heterocycles. The van der Waals surface area contributed by atoms with Gasteiger partial charge in [0.2, 0.25) is 5.91 Å². The van der Waals surface area contributed by atoms with Crippen molar-refractivity contribution < 1.29 is 18.3 Å². The fraction of sp³-hybridized carbons (Fsp3) is 0.562. The summed E-state index contributed by atoms with van der Waals surface area (Å²) in [6.45, 7) is 2.54. The molecule has 4 nitrogen and oxygen atoms in total. The molecule has 0 bridgehead atoms. The smallest absolute Gasteiger partial charge is 0.226 e. The maximum atomic E-state index is 13.1. The lowest BCUT2D eigenvalue weighted by molar-refractivity contribution is -0.133. The minimum absolute atomic E-state index is 0.0635. The molecule has 1 aromatic rings. The fourth-order valence-corrected chi connectivity index (χ4v) is 2.54. The standard InChI is InChI=1S/C16H22F2N2O2/c17-14-3-2-12(10-15(14)18)11-16(21)20-7-4-13(5-8-20)22-9-1-6-19/h2-3,10,13H,1,4-9,11,19H2. The van der Waals surface area contributed by atoms with E-state index >= 15 is 0 Å². The highest BCUT2D eigenvalue weighted by Gasteiger charge is 2.23. The molecule has 1 aromatic carbocycles. The number of amides is 1. The van der Waals surface area contributed by atoms with Crippen LogP contribution in [0.15, 0.2) is 18.2 Å². The summed E-state index contributed by atoms with van der Waals surface area (Å²) in [5, 5.41) is 0.